The molecular weight excluding hydrogens is 566 g/mol. The lowest BCUT2D eigenvalue weighted by Crippen LogP contribution is -2.50. The van der Waals surface area contributed by atoms with Crippen LogP contribution in [0.4, 0.5) is 16.2 Å². The molecule has 2 N–H and O–H groups in total. The maximum Gasteiger partial charge on any atom is 0.343 e. The molecule has 13 nitrogen and oxygen atoms in total. The van der Waals surface area contributed by atoms with E-state index in [0.717, 1.165) is 5.75 Å². The molecule has 0 saturated carbocycles. The Bertz CT molecular complexity index is 1570. The van der Waals surface area contributed by atoms with E-state index in [-0.39, 0.29) is 30.2 Å². The maximum absolute atomic E-state index is 13.1. The number of urea groups is 1. The lowest BCUT2D eigenvalue weighted by molar-refractivity contribution is 0.0691. The number of nitrogens with zero attached hydrogens (tertiary/aromatic N) is 6. The highest BCUT2D eigenvalue weighted by atomic mass is 16.5. The van der Waals surface area contributed by atoms with E-state index < -0.39 is 5.97 Å². The molecule has 0 unspecified atom stereocenters. The van der Waals surface area contributed by atoms with E-state index in [1.54, 1.807) is 40.3 Å². The number of carbonyl (C=O) groups excluding carboxylic acids is 1. The summed E-state index contributed by atoms with van der Waals surface area (Å²) in [5.74, 6) is 0.146. The summed E-state index contributed by atoms with van der Waals surface area (Å²) < 4.78 is 17.6. The van der Waals surface area contributed by atoms with Crippen molar-refractivity contribution in [3.8, 4) is 17.4 Å². The number of amides is 2. The number of carbonyl (C=O) groups is 2. The Hall–Kier alpha value is -5.07. The van der Waals surface area contributed by atoms with Gasteiger partial charge in [-0.3, -0.25) is 0 Å². The molecule has 5 rings (SSSR count). The van der Waals surface area contributed by atoms with Gasteiger partial charge in [-0.15, -0.1) is 0 Å². The number of benzene rings is 2. The average molecular weight is 604 g/mol. The Morgan fingerprint density at radius 2 is 1.73 bits per heavy atom. The Balaban J connectivity index is 1.36. The summed E-state index contributed by atoms with van der Waals surface area (Å²) in [6.07, 6.45) is 3.81. The molecule has 2 aromatic carbocycles. The molecule has 232 valence electrons. The van der Waals surface area contributed by atoms with E-state index in [4.69, 9.17) is 14.2 Å². The summed E-state index contributed by atoms with van der Waals surface area (Å²) in [6, 6.07) is 12.5. The quantitative estimate of drug-likeness (QED) is 0.222. The monoisotopic (exact) mass is 603 g/mol. The summed E-state index contributed by atoms with van der Waals surface area (Å²) >= 11 is 0. The number of pyridine rings is 1. The second kappa shape index (κ2) is 13.9. The number of aromatic nitrogens is 4. The predicted octanol–water partition coefficient (Wildman–Crippen LogP) is 4.53. The molecule has 2 amide bonds. The zero-order valence-corrected chi connectivity index (χ0v) is 25.1. The fraction of sp³-hybridized carbons (Fsp3) is 0.387. The normalized spacial score (nSPS) is 13.3. The number of rotatable bonds is 12. The van der Waals surface area contributed by atoms with Crippen molar-refractivity contribution in [1.29, 1.82) is 0 Å². The Kier molecular flexibility index (Phi) is 9.62. The standard InChI is InChI=1S/C31H37N7O6/c1-4-42-25-8-5-7-24-26(25)28(27(30(39)40)29(35-24)43-20-6-15-38-32-13-14-33-38)36-16-18-37(19-17-36)31(41)34-22-9-11-23(12-10-22)44-21(2)3/h5,7-14,21H,4,6,15-20H2,1-3H3,(H,34,41)(H,39,40). The van der Waals surface area contributed by atoms with Crippen LogP contribution in [-0.4, -0.2) is 87.5 Å². The van der Waals surface area contributed by atoms with Gasteiger partial charge in [0.05, 0.1) is 54.8 Å². The van der Waals surface area contributed by atoms with E-state index in [0.29, 0.717) is 73.8 Å². The fourth-order valence-corrected chi connectivity index (χ4v) is 5.09. The van der Waals surface area contributed by atoms with Crippen molar-refractivity contribution in [1.82, 2.24) is 24.9 Å². The summed E-state index contributed by atoms with van der Waals surface area (Å²) in [7, 11) is 0. The third kappa shape index (κ3) is 7.10. The van der Waals surface area contributed by atoms with Crippen molar-refractivity contribution in [3.63, 3.8) is 0 Å². The third-order valence-electron chi connectivity index (χ3n) is 7.00. The van der Waals surface area contributed by atoms with Gasteiger partial charge in [0.15, 0.2) is 0 Å². The number of aromatic carboxylic acids is 1. The Morgan fingerprint density at radius 1 is 1.00 bits per heavy atom. The van der Waals surface area contributed by atoms with Crippen molar-refractivity contribution in [2.75, 3.05) is 49.6 Å². The molecular formula is C31H37N7O6. The van der Waals surface area contributed by atoms with Crippen LogP contribution in [0.5, 0.6) is 17.4 Å². The number of hydrogen-bond donors (Lipinski definition) is 2. The largest absolute Gasteiger partial charge is 0.493 e. The van der Waals surface area contributed by atoms with Crippen LogP contribution in [-0.2, 0) is 6.54 Å². The van der Waals surface area contributed by atoms with Crippen LogP contribution < -0.4 is 24.4 Å². The smallest absolute Gasteiger partial charge is 0.343 e. The Morgan fingerprint density at radius 3 is 2.39 bits per heavy atom. The minimum atomic E-state index is -1.16. The summed E-state index contributed by atoms with van der Waals surface area (Å²) in [5.41, 5.74) is 1.65. The van der Waals surface area contributed by atoms with Gasteiger partial charge in [0.25, 0.3) is 0 Å². The number of piperazine rings is 1. The van der Waals surface area contributed by atoms with Gasteiger partial charge in [-0.2, -0.15) is 15.0 Å². The molecule has 0 bridgehead atoms. The zero-order valence-electron chi connectivity index (χ0n) is 25.1. The minimum absolute atomic E-state index is 0.0344. The van der Waals surface area contributed by atoms with Crippen LogP contribution in [0.2, 0.25) is 0 Å². The van der Waals surface area contributed by atoms with E-state index in [2.05, 4.69) is 20.5 Å². The van der Waals surface area contributed by atoms with Gasteiger partial charge >= 0.3 is 12.0 Å². The van der Waals surface area contributed by atoms with Gasteiger partial charge in [0.2, 0.25) is 5.88 Å². The molecule has 0 radical (unpaired) electrons. The highest BCUT2D eigenvalue weighted by Gasteiger charge is 2.31. The molecule has 0 spiro atoms. The number of anilines is 2. The van der Waals surface area contributed by atoms with E-state index in [1.165, 1.54) is 0 Å². The number of carboxylic acid groups (broad SMARTS) is 1. The molecule has 1 aliphatic heterocycles. The molecule has 1 fully saturated rings. The van der Waals surface area contributed by atoms with Gasteiger partial charge in [0.1, 0.15) is 17.1 Å². The predicted molar refractivity (Wildman–Crippen MR) is 165 cm³/mol. The van der Waals surface area contributed by atoms with Gasteiger partial charge in [-0.25, -0.2) is 14.6 Å². The lowest BCUT2D eigenvalue weighted by Gasteiger charge is -2.37. The van der Waals surface area contributed by atoms with Crippen molar-refractivity contribution in [2.45, 2.75) is 39.8 Å². The first-order valence-electron chi connectivity index (χ1n) is 14.7. The molecule has 0 aliphatic carbocycles. The number of nitrogens with one attached hydrogen (secondary N) is 1. The number of fused-ring (bicyclic) bond motifs is 1. The zero-order chi connectivity index (χ0) is 31.1. The van der Waals surface area contributed by atoms with Crippen molar-refractivity contribution < 1.29 is 28.9 Å². The maximum atomic E-state index is 13.1. The number of hydrogen-bond acceptors (Lipinski definition) is 9. The van der Waals surface area contributed by atoms with E-state index in [9.17, 15) is 14.7 Å². The van der Waals surface area contributed by atoms with Crippen LogP contribution in [0.1, 0.15) is 37.6 Å². The fourth-order valence-electron chi connectivity index (χ4n) is 5.09. The molecule has 4 aromatic rings. The van der Waals surface area contributed by atoms with E-state index in [1.807, 2.05) is 49.9 Å². The minimum Gasteiger partial charge on any atom is -0.493 e. The molecule has 13 heteroatoms. The van der Waals surface area contributed by atoms with Gasteiger partial charge < -0.3 is 34.4 Å². The number of carboxylic acids is 1. The molecule has 3 heterocycles. The first-order valence-corrected chi connectivity index (χ1v) is 14.7. The van der Waals surface area contributed by atoms with Crippen LogP contribution in [0.25, 0.3) is 10.9 Å². The summed E-state index contributed by atoms with van der Waals surface area (Å²) in [6.45, 7) is 8.50. The second-order valence-corrected chi connectivity index (χ2v) is 10.5. The van der Waals surface area contributed by atoms with E-state index >= 15 is 0 Å². The first-order chi connectivity index (χ1) is 21.3. The lowest BCUT2D eigenvalue weighted by atomic mass is 10.1. The van der Waals surface area contributed by atoms with Crippen LogP contribution in [0, 0.1) is 0 Å². The van der Waals surface area contributed by atoms with Gasteiger partial charge in [-0.05, 0) is 57.2 Å². The van der Waals surface area contributed by atoms with Crippen molar-refractivity contribution in [2.24, 2.45) is 0 Å². The molecule has 44 heavy (non-hydrogen) atoms. The molecule has 1 aliphatic rings. The summed E-state index contributed by atoms with van der Waals surface area (Å²) in [4.78, 5) is 35.7. The average Bonchev–Trinajstić information content (AvgIpc) is 3.53. The van der Waals surface area contributed by atoms with Crippen molar-refractivity contribution >= 4 is 34.3 Å². The number of ether oxygens (including phenoxy) is 3. The summed E-state index contributed by atoms with van der Waals surface area (Å²) in [5, 5.41) is 22.2. The molecule has 2 aromatic heterocycles. The highest BCUT2D eigenvalue weighted by Crippen LogP contribution is 2.41. The van der Waals surface area contributed by atoms with Gasteiger partial charge in [-0.1, -0.05) is 6.07 Å². The highest BCUT2D eigenvalue weighted by molar-refractivity contribution is 6.09. The van der Waals surface area contributed by atoms with Crippen LogP contribution >= 0.6 is 0 Å². The molecule has 0 atom stereocenters. The second-order valence-electron chi connectivity index (χ2n) is 10.5. The Labute approximate surface area is 255 Å². The van der Waals surface area contributed by atoms with Crippen molar-refractivity contribution in [3.05, 3.63) is 60.4 Å². The molecule has 1 saturated heterocycles. The first kappa shape index (κ1) is 30.4. The van der Waals surface area contributed by atoms with Crippen LogP contribution in [0.3, 0.4) is 0 Å². The third-order valence-corrected chi connectivity index (χ3v) is 7.00. The topological polar surface area (TPSA) is 144 Å². The van der Waals surface area contributed by atoms with Gasteiger partial charge in [0, 0.05) is 38.3 Å². The number of aryl methyl sites for hydroxylation is 1. The SMILES string of the molecule is CCOc1cccc2nc(OCCCn3nccn3)c(C(=O)O)c(N3CCN(C(=O)Nc4ccc(OC(C)C)cc4)CC3)c12. The van der Waals surface area contributed by atoms with Crippen LogP contribution in [0.15, 0.2) is 54.9 Å².